The molecule has 11 nitrogen and oxygen atoms in total. The first-order chi connectivity index (χ1) is 20.4. The summed E-state index contributed by atoms with van der Waals surface area (Å²) in [6.45, 7) is 0. The molecule has 0 atom stereocenters. The molecule has 4 aromatic rings. The summed E-state index contributed by atoms with van der Waals surface area (Å²) in [6.07, 6.45) is 0. The molecule has 0 fully saturated rings. The number of carbonyl (C=O) groups is 1. The van der Waals surface area contributed by atoms with Crippen LogP contribution in [0.25, 0.3) is 0 Å². The molecule has 0 radical (unpaired) electrons. The summed E-state index contributed by atoms with van der Waals surface area (Å²) < 4.78 is 78.3. The van der Waals surface area contributed by atoms with Crippen molar-refractivity contribution < 1.29 is 40.2 Å². The minimum atomic E-state index is -4.82. The number of benzene rings is 4. The zero-order valence-electron chi connectivity index (χ0n) is 21.1. The molecule has 0 bridgehead atoms. The van der Waals surface area contributed by atoms with Gasteiger partial charge in [-0.25, -0.2) is 4.79 Å². The van der Waals surface area contributed by atoms with E-state index in [9.17, 15) is 30.7 Å². The topological polar surface area (TPSA) is 168 Å². The van der Waals surface area contributed by atoms with Gasteiger partial charge >= 0.3 is 6.03 Å². The zero-order chi connectivity index (χ0) is 32.6. The van der Waals surface area contributed by atoms with E-state index in [4.69, 9.17) is 79.1 Å². The van der Waals surface area contributed by atoms with Crippen LogP contribution in [-0.4, -0.2) is 32.0 Å². The van der Waals surface area contributed by atoms with Gasteiger partial charge in [-0.3, -0.25) is 9.11 Å². The number of halogens is 6. The number of anilines is 2. The van der Waals surface area contributed by atoms with Gasteiger partial charge in [0.05, 0.1) is 31.5 Å². The monoisotopic (exact) mass is 760 g/mol. The van der Waals surface area contributed by atoms with Crippen LogP contribution < -0.4 is 20.1 Å². The Bertz CT molecular complexity index is 1880. The maximum absolute atomic E-state index is 13.1. The Hall–Kier alpha value is -2.69. The summed E-state index contributed by atoms with van der Waals surface area (Å²) in [7, 11) is -9.64. The van der Waals surface area contributed by atoms with Gasteiger partial charge in [0.25, 0.3) is 20.2 Å². The minimum absolute atomic E-state index is 0.0787. The van der Waals surface area contributed by atoms with Crippen molar-refractivity contribution in [2.75, 3.05) is 10.6 Å². The van der Waals surface area contributed by atoms with E-state index in [0.717, 1.165) is 24.3 Å². The second-order valence-corrected chi connectivity index (χ2v) is 13.7. The molecule has 0 heterocycles. The molecule has 0 spiro atoms. The quantitative estimate of drug-likeness (QED) is 0.128. The van der Waals surface area contributed by atoms with Crippen molar-refractivity contribution in [2.24, 2.45) is 0 Å². The van der Waals surface area contributed by atoms with E-state index in [0.29, 0.717) is 0 Å². The van der Waals surface area contributed by atoms with E-state index in [1.54, 1.807) is 0 Å². The molecule has 4 rings (SSSR count). The Morgan fingerprint density at radius 1 is 0.545 bits per heavy atom. The minimum Gasteiger partial charge on any atom is -0.454 e. The fraction of sp³-hybridized carbons (Fsp3) is 0. The molecule has 4 N–H and O–H groups in total. The first-order valence-electron chi connectivity index (χ1n) is 11.4. The molecular weight excluding hydrogens is 749 g/mol. The summed E-state index contributed by atoms with van der Waals surface area (Å²) in [5.41, 5.74) is -0.157. The molecule has 0 saturated carbocycles. The van der Waals surface area contributed by atoms with Gasteiger partial charge in [0, 0.05) is 22.2 Å². The Morgan fingerprint density at radius 2 is 0.886 bits per heavy atom. The van der Waals surface area contributed by atoms with Crippen LogP contribution in [0.15, 0.2) is 70.5 Å². The van der Waals surface area contributed by atoms with Crippen LogP contribution in [-0.2, 0) is 20.2 Å². The van der Waals surface area contributed by atoms with E-state index in [1.165, 1.54) is 36.4 Å². The average Bonchev–Trinajstić information content (AvgIpc) is 2.89. The van der Waals surface area contributed by atoms with Crippen LogP contribution in [0.2, 0.25) is 30.1 Å². The Kier molecular flexibility index (Phi) is 10.4. The molecule has 0 unspecified atom stereocenters. The van der Waals surface area contributed by atoms with Gasteiger partial charge in [-0.1, -0.05) is 69.6 Å². The van der Waals surface area contributed by atoms with Gasteiger partial charge < -0.3 is 20.1 Å². The maximum atomic E-state index is 13.1. The first-order valence-corrected chi connectivity index (χ1v) is 16.5. The third kappa shape index (κ3) is 8.31. The predicted molar refractivity (Wildman–Crippen MR) is 168 cm³/mol. The smallest absolute Gasteiger partial charge is 0.323 e. The molecule has 44 heavy (non-hydrogen) atoms. The third-order valence-electron chi connectivity index (χ3n) is 5.35. The summed E-state index contributed by atoms with van der Waals surface area (Å²) in [5.74, 6) is -1.11. The van der Waals surface area contributed by atoms with Crippen molar-refractivity contribution in [3.8, 4) is 23.0 Å². The van der Waals surface area contributed by atoms with Crippen molar-refractivity contribution in [1.29, 1.82) is 0 Å². The van der Waals surface area contributed by atoms with Crippen molar-refractivity contribution in [3.05, 3.63) is 90.8 Å². The highest BCUT2D eigenvalue weighted by Crippen LogP contribution is 2.41. The molecule has 232 valence electrons. The van der Waals surface area contributed by atoms with Gasteiger partial charge in [0.15, 0.2) is 11.5 Å². The van der Waals surface area contributed by atoms with Crippen molar-refractivity contribution in [1.82, 2.24) is 0 Å². The molecule has 19 heteroatoms. The van der Waals surface area contributed by atoms with E-state index in [1.807, 2.05) is 0 Å². The van der Waals surface area contributed by atoms with Crippen LogP contribution in [0.4, 0.5) is 16.2 Å². The normalized spacial score (nSPS) is 11.6. The van der Waals surface area contributed by atoms with Crippen LogP contribution in [0, 0.1) is 0 Å². The molecule has 0 aliphatic carbocycles. The largest absolute Gasteiger partial charge is 0.454 e. The summed E-state index contributed by atoms with van der Waals surface area (Å²) in [5, 5.41) is 4.66. The summed E-state index contributed by atoms with van der Waals surface area (Å²) in [6, 6.07) is 10.8. The summed E-state index contributed by atoms with van der Waals surface area (Å²) in [4.78, 5) is 11.7. The number of hydrogen-bond acceptors (Lipinski definition) is 7. The second-order valence-electron chi connectivity index (χ2n) is 8.44. The Labute approximate surface area is 280 Å². The van der Waals surface area contributed by atoms with Gasteiger partial charge in [-0.15, -0.1) is 0 Å². The standard InChI is InChI=1S/C25H14Cl6N2O9S2/c26-11-1-3-19(41-21-7-13(28)15(30)9-23(21)43(35,36)37)17(5-11)32-25(34)33-18-6-12(27)2-4-20(18)42-22-8-14(29)16(31)10-24(22)44(38,39)40/h1-10H,(H2,32,33,34)(H,35,36,37)(H,38,39,40). The number of urea groups is 1. The molecule has 0 aliphatic heterocycles. The van der Waals surface area contributed by atoms with E-state index >= 15 is 0 Å². The van der Waals surface area contributed by atoms with Gasteiger partial charge in [-0.2, -0.15) is 16.8 Å². The van der Waals surface area contributed by atoms with E-state index in [2.05, 4.69) is 10.6 Å². The highest BCUT2D eigenvalue weighted by Gasteiger charge is 2.23. The van der Waals surface area contributed by atoms with Crippen LogP contribution >= 0.6 is 69.6 Å². The fourth-order valence-corrected chi connectivity index (χ4v) is 5.83. The summed E-state index contributed by atoms with van der Waals surface area (Å²) >= 11 is 36.0. The van der Waals surface area contributed by atoms with Gasteiger partial charge in [0.1, 0.15) is 21.3 Å². The average molecular weight is 763 g/mol. The number of hydrogen-bond donors (Lipinski definition) is 4. The van der Waals surface area contributed by atoms with Gasteiger partial charge in [0.2, 0.25) is 0 Å². The Morgan fingerprint density at radius 3 is 1.23 bits per heavy atom. The molecule has 2 amide bonds. The van der Waals surface area contributed by atoms with Crippen LogP contribution in [0.3, 0.4) is 0 Å². The number of amides is 2. The molecular formula is C25H14Cl6N2O9S2. The number of nitrogens with one attached hydrogen (secondary N) is 2. The lowest BCUT2D eigenvalue weighted by Crippen LogP contribution is -2.20. The predicted octanol–water partition coefficient (Wildman–Crippen LogP) is 9.33. The van der Waals surface area contributed by atoms with Crippen molar-refractivity contribution in [3.63, 3.8) is 0 Å². The lowest BCUT2D eigenvalue weighted by Gasteiger charge is -2.17. The van der Waals surface area contributed by atoms with E-state index in [-0.39, 0.29) is 53.0 Å². The van der Waals surface area contributed by atoms with Crippen molar-refractivity contribution >= 4 is 107 Å². The SMILES string of the molecule is O=C(Nc1cc(Cl)ccc1Oc1cc(Cl)c(Cl)cc1S(=O)(=O)O)Nc1cc(Cl)ccc1Oc1cc(Cl)c(Cl)cc1S(=O)(=O)O. The van der Waals surface area contributed by atoms with Crippen LogP contribution in [0.5, 0.6) is 23.0 Å². The lowest BCUT2D eigenvalue weighted by atomic mass is 10.2. The molecule has 0 saturated heterocycles. The fourth-order valence-electron chi connectivity index (χ4n) is 3.47. The third-order valence-corrected chi connectivity index (χ3v) is 9.01. The van der Waals surface area contributed by atoms with Crippen molar-refractivity contribution in [2.45, 2.75) is 9.79 Å². The highest BCUT2D eigenvalue weighted by atomic mass is 35.5. The maximum Gasteiger partial charge on any atom is 0.323 e. The number of ether oxygens (including phenoxy) is 2. The molecule has 4 aromatic carbocycles. The number of rotatable bonds is 8. The molecule has 0 aliphatic rings. The first kappa shape index (κ1) is 34.2. The highest BCUT2D eigenvalue weighted by molar-refractivity contribution is 7.86. The van der Waals surface area contributed by atoms with E-state index < -0.39 is 47.6 Å². The van der Waals surface area contributed by atoms with Crippen LogP contribution in [0.1, 0.15) is 0 Å². The Balaban J connectivity index is 1.66. The number of carbonyl (C=O) groups excluding carboxylic acids is 1. The van der Waals surface area contributed by atoms with Gasteiger partial charge in [-0.05, 0) is 48.5 Å². The second kappa shape index (κ2) is 13.3. The lowest BCUT2D eigenvalue weighted by molar-refractivity contribution is 0.262. The zero-order valence-corrected chi connectivity index (χ0v) is 27.3. The molecule has 0 aromatic heterocycles.